The molecule has 0 unspecified atom stereocenters. The maximum atomic E-state index is 10.0. The van der Waals surface area contributed by atoms with Gasteiger partial charge < -0.3 is 44.8 Å². The molecule has 294 valence electrons. The molecule has 0 saturated heterocycles. The molecule has 0 radical (unpaired) electrons. The topological polar surface area (TPSA) is 149 Å². The van der Waals surface area contributed by atoms with E-state index in [1.807, 2.05) is 18.2 Å². The first-order chi connectivity index (χ1) is 26.0. The van der Waals surface area contributed by atoms with Crippen LogP contribution in [0.3, 0.4) is 0 Å². The summed E-state index contributed by atoms with van der Waals surface area (Å²) in [6.07, 6.45) is 19.6. The van der Waals surface area contributed by atoms with Gasteiger partial charge in [0.05, 0.1) is 21.3 Å². The summed E-state index contributed by atoms with van der Waals surface area (Å²) in [4.78, 5) is 0. The molecule has 0 spiro atoms. The number of methoxy groups -OCH3 is 3. The fourth-order valence-electron chi connectivity index (χ4n) is 7.47. The maximum absolute atomic E-state index is 10.0. The first kappa shape index (κ1) is 41.8. The summed E-state index contributed by atoms with van der Waals surface area (Å²) in [5, 5.41) is 59.5. The normalized spacial score (nSPS) is 19.4. The molecule has 6 rings (SSSR count). The van der Waals surface area contributed by atoms with Crippen molar-refractivity contribution in [1.29, 1.82) is 0 Å². The molecule has 3 atom stereocenters. The molecule has 6 N–H and O–H groups in total. The third-order valence-electron chi connectivity index (χ3n) is 11.3. The zero-order valence-corrected chi connectivity index (χ0v) is 32.8. The number of phenols is 6. The quantitative estimate of drug-likeness (QED) is 0.118. The smallest absolute Gasteiger partial charge is 0.201 e. The van der Waals surface area contributed by atoms with Gasteiger partial charge in [0.2, 0.25) is 17.2 Å². The molecule has 3 aliphatic carbocycles. The largest absolute Gasteiger partial charge is 0.504 e. The number of rotatable bonds is 9. The summed E-state index contributed by atoms with van der Waals surface area (Å²) in [6.45, 7) is 6.63. The summed E-state index contributed by atoms with van der Waals surface area (Å²) >= 11 is 0. The SMILES string of the molecule is CC[C@@H]1CC=C(c2ccc(OC)c(O)c2O)CC1.CC[C@@H]1CC=C(c2ccc(OC)c(O)c2O)CC1.CC[C@H]1CC=C(c2ccc(OC)c(O)c2O)CC1. The number of phenolic OH excluding ortho intramolecular Hbond substituents is 6. The van der Waals surface area contributed by atoms with Crippen LogP contribution in [0.4, 0.5) is 0 Å². The lowest BCUT2D eigenvalue weighted by atomic mass is 9.85. The van der Waals surface area contributed by atoms with Crippen molar-refractivity contribution < 1.29 is 44.8 Å². The van der Waals surface area contributed by atoms with Crippen LogP contribution in [-0.4, -0.2) is 52.0 Å². The minimum atomic E-state index is -0.173. The van der Waals surface area contributed by atoms with Gasteiger partial charge in [0.25, 0.3) is 0 Å². The van der Waals surface area contributed by atoms with Gasteiger partial charge in [-0.25, -0.2) is 0 Å². The first-order valence-electron chi connectivity index (χ1n) is 19.4. The lowest BCUT2D eigenvalue weighted by molar-refractivity contribution is 0.350. The van der Waals surface area contributed by atoms with Crippen LogP contribution >= 0.6 is 0 Å². The Morgan fingerprint density at radius 3 is 0.870 bits per heavy atom. The highest BCUT2D eigenvalue weighted by Crippen LogP contribution is 2.46. The highest BCUT2D eigenvalue weighted by Gasteiger charge is 2.22. The van der Waals surface area contributed by atoms with E-state index in [0.717, 1.165) is 109 Å². The Morgan fingerprint density at radius 2 is 0.685 bits per heavy atom. The number of allylic oxidation sites excluding steroid dienone is 6. The molecular formula is C45H60O9. The molecule has 0 fully saturated rings. The molecule has 9 heteroatoms. The van der Waals surface area contributed by atoms with Gasteiger partial charge >= 0.3 is 0 Å². The van der Waals surface area contributed by atoms with E-state index in [0.29, 0.717) is 17.2 Å². The van der Waals surface area contributed by atoms with Crippen molar-refractivity contribution in [3.8, 4) is 51.7 Å². The first-order valence-corrected chi connectivity index (χ1v) is 19.4. The molecule has 9 nitrogen and oxygen atoms in total. The second-order valence-corrected chi connectivity index (χ2v) is 14.4. The molecule has 3 aliphatic rings. The molecule has 0 heterocycles. The van der Waals surface area contributed by atoms with Gasteiger partial charge in [-0.1, -0.05) is 58.3 Å². The molecule has 54 heavy (non-hydrogen) atoms. The van der Waals surface area contributed by atoms with Crippen molar-refractivity contribution in [1.82, 2.24) is 0 Å². The second kappa shape index (κ2) is 20.0. The Bertz CT molecular complexity index is 1600. The molecular weight excluding hydrogens is 684 g/mol. The van der Waals surface area contributed by atoms with Crippen molar-refractivity contribution in [3.63, 3.8) is 0 Å². The fraction of sp³-hybridized carbons (Fsp3) is 0.467. The lowest BCUT2D eigenvalue weighted by Crippen LogP contribution is -2.04. The number of ether oxygens (including phenoxy) is 3. The lowest BCUT2D eigenvalue weighted by Gasteiger charge is -2.21. The van der Waals surface area contributed by atoms with Gasteiger partial charge in [-0.3, -0.25) is 0 Å². The van der Waals surface area contributed by atoms with Crippen LogP contribution in [0.1, 0.15) is 115 Å². The maximum Gasteiger partial charge on any atom is 0.201 e. The average molecular weight is 745 g/mol. The monoisotopic (exact) mass is 744 g/mol. The van der Waals surface area contributed by atoms with E-state index >= 15 is 0 Å². The van der Waals surface area contributed by atoms with E-state index in [9.17, 15) is 30.6 Å². The molecule has 0 aromatic heterocycles. The van der Waals surface area contributed by atoms with Gasteiger partial charge in [-0.05, 0) is 129 Å². The van der Waals surface area contributed by atoms with Gasteiger partial charge in [-0.15, -0.1) is 0 Å². The standard InChI is InChI=1S/3C15H20O3/c3*1-3-10-4-6-11(7-5-10)12-8-9-13(18-2)15(17)14(12)16/h3*6,8-10,16-17H,3-5,7H2,1-2H3/t3*10-/m110/s1. The van der Waals surface area contributed by atoms with E-state index in [1.54, 1.807) is 18.2 Å². The predicted octanol–water partition coefficient (Wildman–Crippen LogP) is 11.1. The highest BCUT2D eigenvalue weighted by atomic mass is 16.5. The van der Waals surface area contributed by atoms with E-state index < -0.39 is 0 Å². The fourth-order valence-corrected chi connectivity index (χ4v) is 7.47. The Morgan fingerprint density at radius 1 is 0.426 bits per heavy atom. The molecule has 3 aromatic rings. The summed E-state index contributed by atoms with van der Waals surface area (Å²) < 4.78 is 14.9. The van der Waals surface area contributed by atoms with Crippen LogP contribution in [0.25, 0.3) is 16.7 Å². The van der Waals surface area contributed by atoms with Crippen LogP contribution in [-0.2, 0) is 0 Å². The summed E-state index contributed by atoms with van der Waals surface area (Å²) in [5.74, 6) is 2.43. The highest BCUT2D eigenvalue weighted by molar-refractivity contribution is 5.77. The van der Waals surface area contributed by atoms with Crippen LogP contribution in [0.2, 0.25) is 0 Å². The van der Waals surface area contributed by atoms with Crippen LogP contribution in [0, 0.1) is 17.8 Å². The van der Waals surface area contributed by atoms with Crippen LogP contribution in [0.5, 0.6) is 51.7 Å². The van der Waals surface area contributed by atoms with Gasteiger partial charge in [0, 0.05) is 16.7 Å². The Kier molecular flexibility index (Phi) is 15.5. The Hall–Kier alpha value is -4.92. The molecule has 0 amide bonds. The number of benzene rings is 3. The third-order valence-corrected chi connectivity index (χ3v) is 11.3. The van der Waals surface area contributed by atoms with Crippen molar-refractivity contribution in [2.75, 3.05) is 21.3 Å². The van der Waals surface area contributed by atoms with Crippen molar-refractivity contribution >= 4 is 16.7 Å². The van der Waals surface area contributed by atoms with Gasteiger partial charge in [0.1, 0.15) is 0 Å². The number of hydrogen-bond acceptors (Lipinski definition) is 9. The second-order valence-electron chi connectivity index (χ2n) is 14.4. The minimum absolute atomic E-state index is 0.0736. The van der Waals surface area contributed by atoms with E-state index in [4.69, 9.17) is 14.2 Å². The van der Waals surface area contributed by atoms with Crippen molar-refractivity contribution in [2.24, 2.45) is 17.8 Å². The predicted molar refractivity (Wildman–Crippen MR) is 216 cm³/mol. The molecule has 0 bridgehead atoms. The van der Waals surface area contributed by atoms with Gasteiger partial charge in [-0.2, -0.15) is 0 Å². The molecule has 0 aliphatic heterocycles. The summed E-state index contributed by atoms with van der Waals surface area (Å²) in [6, 6.07) is 10.5. The summed E-state index contributed by atoms with van der Waals surface area (Å²) in [5.41, 5.74) is 5.54. The Balaban J connectivity index is 0.000000180. The van der Waals surface area contributed by atoms with Gasteiger partial charge in [0.15, 0.2) is 34.5 Å². The Labute approximate surface area is 320 Å². The van der Waals surface area contributed by atoms with Crippen molar-refractivity contribution in [2.45, 2.75) is 97.8 Å². The minimum Gasteiger partial charge on any atom is -0.504 e. The molecule has 0 saturated carbocycles. The third kappa shape index (κ3) is 9.98. The van der Waals surface area contributed by atoms with Crippen molar-refractivity contribution in [3.05, 3.63) is 71.3 Å². The molecule has 3 aromatic carbocycles. The number of aromatic hydroxyl groups is 6. The van der Waals surface area contributed by atoms with E-state index in [1.165, 1.54) is 40.6 Å². The van der Waals surface area contributed by atoms with E-state index in [-0.39, 0.29) is 34.5 Å². The number of hydrogen-bond donors (Lipinski definition) is 6. The van der Waals surface area contributed by atoms with Crippen LogP contribution < -0.4 is 14.2 Å². The van der Waals surface area contributed by atoms with E-state index in [2.05, 4.69) is 39.0 Å². The van der Waals surface area contributed by atoms with Crippen LogP contribution in [0.15, 0.2) is 54.6 Å². The summed E-state index contributed by atoms with van der Waals surface area (Å²) in [7, 11) is 4.42. The average Bonchev–Trinajstić information content (AvgIpc) is 3.21. The zero-order chi connectivity index (χ0) is 39.4. The zero-order valence-electron chi connectivity index (χ0n) is 32.8.